The van der Waals surface area contributed by atoms with Crippen LogP contribution in [-0.2, 0) is 4.79 Å². The number of nitrogens with two attached hydrogens (primary N) is 1. The minimum absolute atomic E-state index is 0.259. The van der Waals surface area contributed by atoms with E-state index in [2.05, 4.69) is 0 Å². The van der Waals surface area contributed by atoms with E-state index in [1.807, 2.05) is 32.0 Å². The van der Waals surface area contributed by atoms with Gasteiger partial charge in [-0.1, -0.05) is 19.1 Å². The molecule has 0 aromatic heterocycles. The lowest BCUT2D eigenvalue weighted by molar-refractivity contribution is -0.141. The molecule has 3 N–H and O–H groups in total. The molecule has 0 radical (unpaired) electrons. The molecule has 2 unspecified atom stereocenters. The second-order valence-corrected chi connectivity index (χ2v) is 4.54. The topological polar surface area (TPSA) is 72.5 Å². The van der Waals surface area contributed by atoms with Gasteiger partial charge in [0.05, 0.1) is 12.5 Å². The third kappa shape index (κ3) is 3.74. The van der Waals surface area contributed by atoms with E-state index in [1.54, 1.807) is 6.92 Å². The van der Waals surface area contributed by atoms with Crippen molar-refractivity contribution in [1.82, 2.24) is 0 Å². The van der Waals surface area contributed by atoms with Gasteiger partial charge in [0.1, 0.15) is 5.75 Å². The monoisotopic (exact) mass is 251 g/mol. The molecule has 0 aliphatic carbocycles. The number of hydrogen-bond donors (Lipinski definition) is 2. The van der Waals surface area contributed by atoms with E-state index in [0.29, 0.717) is 13.0 Å². The quantitative estimate of drug-likeness (QED) is 0.814. The Morgan fingerprint density at radius 1 is 1.50 bits per heavy atom. The first-order valence-corrected chi connectivity index (χ1v) is 6.17. The van der Waals surface area contributed by atoms with Crippen molar-refractivity contribution >= 4 is 5.97 Å². The van der Waals surface area contributed by atoms with Crippen LogP contribution in [0.5, 0.6) is 5.75 Å². The Morgan fingerprint density at radius 3 is 2.67 bits per heavy atom. The summed E-state index contributed by atoms with van der Waals surface area (Å²) >= 11 is 0. The van der Waals surface area contributed by atoms with E-state index in [1.165, 1.54) is 0 Å². The molecule has 1 aromatic rings. The number of hydrogen-bond acceptors (Lipinski definition) is 3. The highest BCUT2D eigenvalue weighted by Gasteiger charge is 2.17. The maximum atomic E-state index is 10.8. The number of benzene rings is 1. The Labute approximate surface area is 108 Å². The zero-order valence-electron chi connectivity index (χ0n) is 11.1. The average molecular weight is 251 g/mol. The van der Waals surface area contributed by atoms with Crippen molar-refractivity contribution < 1.29 is 14.6 Å². The highest BCUT2D eigenvalue weighted by molar-refractivity contribution is 5.69. The number of ether oxygens (including phenoxy) is 1. The van der Waals surface area contributed by atoms with E-state index < -0.39 is 11.9 Å². The van der Waals surface area contributed by atoms with Crippen molar-refractivity contribution in [2.24, 2.45) is 11.7 Å². The Bertz CT molecular complexity index is 418. The highest BCUT2D eigenvalue weighted by atomic mass is 16.5. The summed E-state index contributed by atoms with van der Waals surface area (Å²) < 4.78 is 5.46. The SMILES string of the molecule is CCOc1ccc(C(N)CC(C)C(=O)O)cc1C. The van der Waals surface area contributed by atoms with E-state index in [0.717, 1.165) is 16.9 Å². The summed E-state index contributed by atoms with van der Waals surface area (Å²) in [6.07, 6.45) is 0.433. The molecule has 100 valence electrons. The lowest BCUT2D eigenvalue weighted by atomic mass is 9.95. The lowest BCUT2D eigenvalue weighted by Gasteiger charge is -2.16. The number of carboxylic acids is 1. The molecule has 0 aliphatic rings. The molecule has 4 heteroatoms. The van der Waals surface area contributed by atoms with Crippen LogP contribution in [0.15, 0.2) is 18.2 Å². The van der Waals surface area contributed by atoms with Gasteiger partial charge < -0.3 is 15.6 Å². The first-order chi connectivity index (χ1) is 8.45. The fourth-order valence-electron chi connectivity index (χ4n) is 1.84. The van der Waals surface area contributed by atoms with Crippen LogP contribution >= 0.6 is 0 Å². The number of carbonyl (C=O) groups is 1. The second kappa shape index (κ2) is 6.40. The molecule has 4 nitrogen and oxygen atoms in total. The summed E-state index contributed by atoms with van der Waals surface area (Å²) in [5, 5.41) is 8.87. The fourth-order valence-corrected chi connectivity index (χ4v) is 1.84. The zero-order valence-corrected chi connectivity index (χ0v) is 11.1. The Hall–Kier alpha value is -1.55. The number of aryl methyl sites for hydroxylation is 1. The number of aliphatic carboxylic acids is 1. The molecule has 0 aliphatic heterocycles. The zero-order chi connectivity index (χ0) is 13.7. The van der Waals surface area contributed by atoms with E-state index in [9.17, 15) is 4.79 Å². The van der Waals surface area contributed by atoms with E-state index >= 15 is 0 Å². The Kier molecular flexibility index (Phi) is 5.16. The van der Waals surface area contributed by atoms with E-state index in [-0.39, 0.29) is 6.04 Å². The average Bonchev–Trinajstić information content (AvgIpc) is 2.31. The van der Waals surface area contributed by atoms with Crippen LogP contribution in [-0.4, -0.2) is 17.7 Å². The predicted octanol–water partition coefficient (Wildman–Crippen LogP) is 2.50. The second-order valence-electron chi connectivity index (χ2n) is 4.54. The summed E-state index contributed by atoms with van der Waals surface area (Å²) in [5.41, 5.74) is 7.99. The van der Waals surface area contributed by atoms with Gasteiger partial charge in [0.15, 0.2) is 0 Å². The van der Waals surface area contributed by atoms with Gasteiger partial charge in [-0.25, -0.2) is 0 Å². The maximum absolute atomic E-state index is 10.8. The molecule has 0 heterocycles. The molecule has 1 aromatic carbocycles. The minimum Gasteiger partial charge on any atom is -0.494 e. The van der Waals surface area contributed by atoms with Crippen molar-refractivity contribution in [2.75, 3.05) is 6.61 Å². The largest absolute Gasteiger partial charge is 0.494 e. The molecule has 2 atom stereocenters. The highest BCUT2D eigenvalue weighted by Crippen LogP contribution is 2.25. The van der Waals surface area contributed by atoms with Gasteiger partial charge in [-0.2, -0.15) is 0 Å². The van der Waals surface area contributed by atoms with Crippen LogP contribution in [0.4, 0.5) is 0 Å². The van der Waals surface area contributed by atoms with Gasteiger partial charge in [-0.15, -0.1) is 0 Å². The molecule has 18 heavy (non-hydrogen) atoms. The molecule has 0 spiro atoms. The summed E-state index contributed by atoms with van der Waals surface area (Å²) in [6.45, 7) is 6.20. The summed E-state index contributed by atoms with van der Waals surface area (Å²) in [7, 11) is 0. The van der Waals surface area contributed by atoms with Crippen molar-refractivity contribution in [3.05, 3.63) is 29.3 Å². The molecule has 0 saturated carbocycles. The van der Waals surface area contributed by atoms with Crippen LogP contribution in [0.3, 0.4) is 0 Å². The molecular formula is C14H21NO3. The van der Waals surface area contributed by atoms with Crippen LogP contribution < -0.4 is 10.5 Å². The smallest absolute Gasteiger partial charge is 0.306 e. The van der Waals surface area contributed by atoms with Crippen LogP contribution in [0.25, 0.3) is 0 Å². The minimum atomic E-state index is -0.812. The predicted molar refractivity (Wildman–Crippen MR) is 70.7 cm³/mol. The molecule has 0 bridgehead atoms. The Balaban J connectivity index is 2.77. The molecule has 1 rings (SSSR count). The number of rotatable bonds is 6. The van der Waals surface area contributed by atoms with Crippen LogP contribution in [0.2, 0.25) is 0 Å². The van der Waals surface area contributed by atoms with Gasteiger partial charge in [0, 0.05) is 6.04 Å². The lowest BCUT2D eigenvalue weighted by Crippen LogP contribution is -2.19. The van der Waals surface area contributed by atoms with E-state index in [4.69, 9.17) is 15.6 Å². The van der Waals surface area contributed by atoms with Crippen LogP contribution in [0.1, 0.15) is 37.4 Å². The summed E-state index contributed by atoms with van der Waals surface area (Å²) in [6, 6.07) is 5.49. The summed E-state index contributed by atoms with van der Waals surface area (Å²) in [5.74, 6) is -0.403. The first kappa shape index (κ1) is 14.5. The van der Waals surface area contributed by atoms with Crippen molar-refractivity contribution in [3.63, 3.8) is 0 Å². The third-order valence-corrected chi connectivity index (χ3v) is 2.96. The van der Waals surface area contributed by atoms with Crippen molar-refractivity contribution in [2.45, 2.75) is 33.2 Å². The molecular weight excluding hydrogens is 230 g/mol. The van der Waals surface area contributed by atoms with Gasteiger partial charge >= 0.3 is 5.97 Å². The van der Waals surface area contributed by atoms with Gasteiger partial charge in [-0.3, -0.25) is 4.79 Å². The third-order valence-electron chi connectivity index (χ3n) is 2.96. The maximum Gasteiger partial charge on any atom is 0.306 e. The molecule has 0 amide bonds. The van der Waals surface area contributed by atoms with Gasteiger partial charge in [0.25, 0.3) is 0 Å². The number of carboxylic acid groups (broad SMARTS) is 1. The van der Waals surface area contributed by atoms with Gasteiger partial charge in [0.2, 0.25) is 0 Å². The van der Waals surface area contributed by atoms with Crippen molar-refractivity contribution in [1.29, 1.82) is 0 Å². The standard InChI is InChI=1S/C14H21NO3/c1-4-18-13-6-5-11(7-9(13)2)12(15)8-10(3)14(16)17/h5-7,10,12H,4,8,15H2,1-3H3,(H,16,17). The van der Waals surface area contributed by atoms with Gasteiger partial charge in [-0.05, 0) is 37.5 Å². The fraction of sp³-hybridized carbons (Fsp3) is 0.500. The van der Waals surface area contributed by atoms with Crippen molar-refractivity contribution in [3.8, 4) is 5.75 Å². The molecule has 0 saturated heterocycles. The first-order valence-electron chi connectivity index (χ1n) is 6.17. The summed E-state index contributed by atoms with van der Waals surface area (Å²) in [4.78, 5) is 10.8. The molecule has 0 fully saturated rings. The van der Waals surface area contributed by atoms with Crippen LogP contribution in [0, 0.1) is 12.8 Å². The normalized spacial score (nSPS) is 14.0. The Morgan fingerprint density at radius 2 is 2.17 bits per heavy atom.